The van der Waals surface area contributed by atoms with Crippen LogP contribution in [-0.2, 0) is 6.61 Å². The molecule has 0 aliphatic carbocycles. The lowest BCUT2D eigenvalue weighted by Crippen LogP contribution is -1.96. The third kappa shape index (κ3) is 2.93. The van der Waals surface area contributed by atoms with Crippen molar-refractivity contribution < 1.29 is 4.74 Å². The monoisotopic (exact) mass is 420 g/mol. The lowest BCUT2D eigenvalue weighted by atomic mass is 10.1. The number of rotatable bonds is 4. The molecule has 3 aromatic heterocycles. The molecule has 5 aromatic rings. The molecule has 0 fully saturated rings. The molecule has 132 valence electrons. The van der Waals surface area contributed by atoms with Gasteiger partial charge in [0.1, 0.15) is 18.7 Å². The Morgan fingerprint density at radius 2 is 2.04 bits per heavy atom. The minimum absolute atomic E-state index is 0.456. The highest BCUT2D eigenvalue weighted by Crippen LogP contribution is 2.26. The van der Waals surface area contributed by atoms with Gasteiger partial charge in [-0.1, -0.05) is 30.3 Å². The van der Waals surface area contributed by atoms with Gasteiger partial charge in [-0.3, -0.25) is 5.10 Å². The molecule has 8 heteroatoms. The van der Waals surface area contributed by atoms with E-state index < -0.39 is 0 Å². The van der Waals surface area contributed by atoms with E-state index in [4.69, 9.17) is 4.74 Å². The molecule has 0 bridgehead atoms. The predicted octanol–water partition coefficient (Wildman–Crippen LogP) is 4.01. The van der Waals surface area contributed by atoms with Crippen LogP contribution in [0.25, 0.3) is 28.1 Å². The first-order valence-corrected chi connectivity index (χ1v) is 9.08. The zero-order valence-electron chi connectivity index (χ0n) is 14.0. The Labute approximate surface area is 162 Å². The Hall–Kier alpha value is -3.26. The first kappa shape index (κ1) is 16.0. The molecule has 5 rings (SSSR count). The molecule has 3 heterocycles. The number of H-pyrrole nitrogens is 1. The van der Waals surface area contributed by atoms with Crippen LogP contribution in [0.4, 0.5) is 0 Å². The molecule has 0 spiro atoms. The van der Waals surface area contributed by atoms with Gasteiger partial charge in [-0.2, -0.15) is 5.10 Å². The molecular formula is C19H13BrN6O. The minimum Gasteiger partial charge on any atom is -0.488 e. The van der Waals surface area contributed by atoms with Crippen LogP contribution in [0, 0.1) is 0 Å². The van der Waals surface area contributed by atoms with Crippen LogP contribution in [-0.4, -0.2) is 29.8 Å². The van der Waals surface area contributed by atoms with Crippen LogP contribution in [0.15, 0.2) is 65.5 Å². The summed E-state index contributed by atoms with van der Waals surface area (Å²) in [5.74, 6) is 1.44. The highest BCUT2D eigenvalue weighted by atomic mass is 79.9. The first-order valence-electron chi connectivity index (χ1n) is 8.29. The fourth-order valence-electron chi connectivity index (χ4n) is 2.89. The summed E-state index contributed by atoms with van der Waals surface area (Å²) in [6.45, 7) is 0.456. The number of aromatic amines is 1. The van der Waals surface area contributed by atoms with Gasteiger partial charge in [-0.05, 0) is 39.7 Å². The number of nitrogens with zero attached hydrogens (tertiary/aromatic N) is 5. The highest BCUT2D eigenvalue weighted by molar-refractivity contribution is 9.10. The highest BCUT2D eigenvalue weighted by Gasteiger charge is 2.11. The first-order chi connectivity index (χ1) is 13.3. The summed E-state index contributed by atoms with van der Waals surface area (Å²) in [4.78, 5) is 8.94. The molecule has 0 saturated heterocycles. The lowest BCUT2D eigenvalue weighted by molar-refractivity contribution is 0.304. The van der Waals surface area contributed by atoms with Gasteiger partial charge in [-0.15, -0.1) is 5.10 Å². The molecule has 27 heavy (non-hydrogen) atoms. The smallest absolute Gasteiger partial charge is 0.182 e. The molecule has 1 N–H and O–H groups in total. The quantitative estimate of drug-likeness (QED) is 0.474. The Balaban J connectivity index is 1.46. The van der Waals surface area contributed by atoms with Gasteiger partial charge in [0.2, 0.25) is 0 Å². The summed E-state index contributed by atoms with van der Waals surface area (Å²) in [5.41, 5.74) is 3.37. The van der Waals surface area contributed by atoms with Crippen molar-refractivity contribution in [3.8, 4) is 17.1 Å². The van der Waals surface area contributed by atoms with Crippen LogP contribution in [0.5, 0.6) is 5.75 Å². The fraction of sp³-hybridized carbons (Fsp3) is 0.0526. The van der Waals surface area contributed by atoms with E-state index in [1.807, 2.05) is 48.5 Å². The summed E-state index contributed by atoms with van der Waals surface area (Å²) in [6.07, 6.45) is 3.34. The number of hydrogen-bond donors (Lipinski definition) is 1. The average molecular weight is 421 g/mol. The topological polar surface area (TPSA) is 81.0 Å². The van der Waals surface area contributed by atoms with Gasteiger partial charge < -0.3 is 4.74 Å². The summed E-state index contributed by atoms with van der Waals surface area (Å²) >= 11 is 3.50. The number of fused-ring (bicyclic) bond motifs is 3. The van der Waals surface area contributed by atoms with Crippen molar-refractivity contribution >= 4 is 32.6 Å². The Morgan fingerprint density at radius 1 is 1.11 bits per heavy atom. The zero-order valence-corrected chi connectivity index (χ0v) is 15.6. The molecule has 0 amide bonds. The summed E-state index contributed by atoms with van der Waals surface area (Å²) in [5, 5.41) is 12.2. The van der Waals surface area contributed by atoms with Crippen LogP contribution in [0.3, 0.4) is 0 Å². The van der Waals surface area contributed by atoms with E-state index in [0.29, 0.717) is 18.1 Å². The van der Waals surface area contributed by atoms with Crippen LogP contribution < -0.4 is 4.74 Å². The second kappa shape index (κ2) is 6.48. The van der Waals surface area contributed by atoms with Crippen molar-refractivity contribution in [2.24, 2.45) is 0 Å². The molecule has 0 saturated carbocycles. The molecule has 0 aliphatic heterocycles. The third-order valence-corrected chi connectivity index (χ3v) is 4.86. The maximum atomic E-state index is 5.90. The third-order valence-electron chi connectivity index (χ3n) is 4.20. The van der Waals surface area contributed by atoms with Gasteiger partial charge in [0, 0.05) is 5.56 Å². The van der Waals surface area contributed by atoms with E-state index in [0.717, 1.165) is 32.4 Å². The summed E-state index contributed by atoms with van der Waals surface area (Å²) < 4.78 is 8.50. The molecule has 2 aromatic carbocycles. The Morgan fingerprint density at radius 3 is 2.96 bits per heavy atom. The van der Waals surface area contributed by atoms with Crippen molar-refractivity contribution in [2.45, 2.75) is 6.61 Å². The molecule has 0 unspecified atom stereocenters. The van der Waals surface area contributed by atoms with Crippen molar-refractivity contribution in [3.63, 3.8) is 0 Å². The van der Waals surface area contributed by atoms with Crippen molar-refractivity contribution in [3.05, 3.63) is 71.1 Å². The van der Waals surface area contributed by atoms with Gasteiger partial charge >= 0.3 is 0 Å². The standard InChI is InChI=1S/C19H13BrN6O/c20-15-6-1-2-7-16(15)27-10-12-4-3-5-13(8-12)17-23-19-14-9-22-24-18(14)21-11-26(19)25-17/h1-9,11H,10H2,(H,22,24). The van der Waals surface area contributed by atoms with E-state index in [1.165, 1.54) is 0 Å². The van der Waals surface area contributed by atoms with Crippen LogP contribution in [0.1, 0.15) is 5.56 Å². The van der Waals surface area contributed by atoms with Crippen molar-refractivity contribution in [1.82, 2.24) is 29.8 Å². The minimum atomic E-state index is 0.456. The number of ether oxygens (including phenoxy) is 1. The number of halogens is 1. The predicted molar refractivity (Wildman–Crippen MR) is 104 cm³/mol. The summed E-state index contributed by atoms with van der Waals surface area (Å²) in [6, 6.07) is 15.8. The fourth-order valence-corrected chi connectivity index (χ4v) is 3.29. The van der Waals surface area contributed by atoms with E-state index >= 15 is 0 Å². The molecule has 0 aliphatic rings. The maximum absolute atomic E-state index is 5.90. The molecule has 7 nitrogen and oxygen atoms in total. The van der Waals surface area contributed by atoms with Crippen molar-refractivity contribution in [1.29, 1.82) is 0 Å². The van der Waals surface area contributed by atoms with E-state index in [2.05, 4.69) is 41.2 Å². The Bertz CT molecular complexity index is 1260. The number of benzene rings is 2. The SMILES string of the molecule is Brc1ccccc1OCc1cccc(-c2nc3c4cn[nH]c4ncn3n2)c1. The largest absolute Gasteiger partial charge is 0.488 e. The van der Waals surface area contributed by atoms with Gasteiger partial charge in [-0.25, -0.2) is 14.5 Å². The normalized spacial score (nSPS) is 11.3. The van der Waals surface area contributed by atoms with Gasteiger partial charge in [0.25, 0.3) is 0 Å². The number of hydrogen-bond acceptors (Lipinski definition) is 5. The second-order valence-electron chi connectivity index (χ2n) is 6.00. The Kier molecular flexibility index (Phi) is 3.83. The molecule has 0 radical (unpaired) electrons. The number of nitrogens with one attached hydrogen (secondary N) is 1. The van der Waals surface area contributed by atoms with Crippen LogP contribution >= 0.6 is 15.9 Å². The van der Waals surface area contributed by atoms with E-state index in [1.54, 1.807) is 17.0 Å². The van der Waals surface area contributed by atoms with E-state index in [9.17, 15) is 0 Å². The van der Waals surface area contributed by atoms with Crippen molar-refractivity contribution in [2.75, 3.05) is 0 Å². The second-order valence-corrected chi connectivity index (χ2v) is 6.85. The molecular weight excluding hydrogens is 408 g/mol. The number of aromatic nitrogens is 6. The molecule has 0 atom stereocenters. The average Bonchev–Trinajstić information content (AvgIpc) is 3.34. The summed E-state index contributed by atoms with van der Waals surface area (Å²) in [7, 11) is 0. The van der Waals surface area contributed by atoms with E-state index in [-0.39, 0.29) is 0 Å². The van der Waals surface area contributed by atoms with Crippen LogP contribution in [0.2, 0.25) is 0 Å². The van der Waals surface area contributed by atoms with Gasteiger partial charge in [0.15, 0.2) is 17.1 Å². The zero-order chi connectivity index (χ0) is 18.2. The number of para-hydroxylation sites is 1. The maximum Gasteiger partial charge on any atom is 0.182 e. The van der Waals surface area contributed by atoms with Gasteiger partial charge in [0.05, 0.1) is 16.1 Å². The lowest BCUT2D eigenvalue weighted by Gasteiger charge is -2.08.